The number of rotatable bonds is 5. The number of H-pyrrole nitrogens is 1. The molecule has 0 aliphatic carbocycles. The number of hydrogen-bond acceptors (Lipinski definition) is 8. The molecule has 3 aromatic heterocycles. The van der Waals surface area contributed by atoms with Gasteiger partial charge in [-0.2, -0.15) is 0 Å². The van der Waals surface area contributed by atoms with E-state index in [9.17, 15) is 13.2 Å². The molecular formula is C20H20ClN7O3S. The second-order valence-corrected chi connectivity index (χ2v) is 9.78. The number of sulfone groups is 1. The van der Waals surface area contributed by atoms with Gasteiger partial charge in [-0.05, 0) is 32.0 Å². The van der Waals surface area contributed by atoms with Gasteiger partial charge in [-0.1, -0.05) is 11.6 Å². The number of halogens is 1. The molecule has 10 nitrogen and oxygen atoms in total. The number of pyridine rings is 1. The summed E-state index contributed by atoms with van der Waals surface area (Å²) < 4.78 is 25.9. The zero-order valence-corrected chi connectivity index (χ0v) is 19.3. The maximum atomic E-state index is 12.7. The summed E-state index contributed by atoms with van der Waals surface area (Å²) in [6, 6.07) is 7.86. The molecule has 0 radical (unpaired) electrons. The van der Waals surface area contributed by atoms with E-state index < -0.39 is 9.84 Å². The maximum Gasteiger partial charge on any atom is 0.277 e. The highest BCUT2D eigenvalue weighted by Gasteiger charge is 2.18. The molecule has 0 spiro atoms. The summed E-state index contributed by atoms with van der Waals surface area (Å²) in [5.74, 6) is 1.53. The van der Waals surface area contributed by atoms with Gasteiger partial charge < -0.3 is 10.6 Å². The number of benzene rings is 1. The predicted octanol–water partition coefficient (Wildman–Crippen LogP) is 3.21. The Morgan fingerprint density at radius 2 is 1.72 bits per heavy atom. The minimum Gasteiger partial charge on any atom is -0.354 e. The molecule has 12 heteroatoms. The van der Waals surface area contributed by atoms with Crippen LogP contribution in [0.2, 0.25) is 5.02 Å². The van der Waals surface area contributed by atoms with Crippen molar-refractivity contribution in [3.63, 3.8) is 0 Å². The van der Waals surface area contributed by atoms with Crippen molar-refractivity contribution >= 4 is 55.5 Å². The summed E-state index contributed by atoms with van der Waals surface area (Å²) in [6.45, 7) is 3.63. The van der Waals surface area contributed by atoms with Gasteiger partial charge in [0.25, 0.3) is 5.56 Å². The van der Waals surface area contributed by atoms with E-state index in [2.05, 4.69) is 30.7 Å². The van der Waals surface area contributed by atoms with Crippen molar-refractivity contribution in [3.05, 3.63) is 57.2 Å². The quantitative estimate of drug-likeness (QED) is 0.402. The number of hydrogen-bond donors (Lipinski definition) is 3. The van der Waals surface area contributed by atoms with Crippen LogP contribution in [-0.2, 0) is 16.9 Å². The Hall–Kier alpha value is -3.44. The lowest BCUT2D eigenvalue weighted by molar-refractivity contribution is 0.602. The third-order valence-electron chi connectivity index (χ3n) is 4.65. The van der Waals surface area contributed by atoms with Crippen LogP contribution in [-0.4, -0.2) is 39.4 Å². The van der Waals surface area contributed by atoms with Crippen molar-refractivity contribution in [1.29, 1.82) is 0 Å². The van der Waals surface area contributed by atoms with Gasteiger partial charge in [-0.15, -0.1) is 0 Å². The number of aromatic nitrogens is 5. The smallest absolute Gasteiger partial charge is 0.277 e. The molecule has 0 unspecified atom stereocenters. The van der Waals surface area contributed by atoms with Crippen LogP contribution >= 0.6 is 11.6 Å². The molecule has 0 aliphatic heterocycles. The van der Waals surface area contributed by atoms with Crippen LogP contribution in [0, 0.1) is 13.8 Å². The first-order chi connectivity index (χ1) is 15.0. The molecule has 166 valence electrons. The molecule has 0 fully saturated rings. The molecule has 0 aliphatic rings. The van der Waals surface area contributed by atoms with Crippen LogP contribution < -0.4 is 16.2 Å². The van der Waals surface area contributed by atoms with Crippen molar-refractivity contribution in [2.75, 3.05) is 16.9 Å². The first-order valence-electron chi connectivity index (χ1n) is 9.47. The van der Waals surface area contributed by atoms with Crippen molar-refractivity contribution in [1.82, 2.24) is 24.7 Å². The number of fused-ring (bicyclic) bond motifs is 1. The fraction of sp³-hybridized carbons (Fsp3) is 0.200. The van der Waals surface area contributed by atoms with Gasteiger partial charge in [0.1, 0.15) is 22.8 Å². The van der Waals surface area contributed by atoms with Crippen LogP contribution in [0.25, 0.3) is 11.0 Å². The summed E-state index contributed by atoms with van der Waals surface area (Å²) in [5, 5.41) is 9.64. The fourth-order valence-corrected chi connectivity index (χ4v) is 4.44. The molecule has 3 N–H and O–H groups in total. The number of aromatic amines is 1. The van der Waals surface area contributed by atoms with E-state index in [1.807, 2.05) is 6.92 Å². The van der Waals surface area contributed by atoms with Gasteiger partial charge in [0.05, 0.1) is 16.3 Å². The first kappa shape index (κ1) is 21.8. The number of nitrogens with zero attached hydrogens (tertiary/aromatic N) is 4. The van der Waals surface area contributed by atoms with Crippen LogP contribution in [0.15, 0.2) is 40.0 Å². The standard InChI is InChI=1S/C20H20ClN7O3S/c1-10-7-16(23-11(2)22-10)25-17-9-14(18-19(26-17)27-28(3)20(18)29)24-13-6-5-12(21)8-15(13)32(4,30)31/h5-9H,1-4H3,(H3,22,23,24,25,26,27). The number of aryl methyl sites for hydroxylation is 3. The van der Waals surface area contributed by atoms with Gasteiger partial charge in [0.15, 0.2) is 15.5 Å². The Balaban J connectivity index is 1.86. The Bertz CT molecular complexity index is 1510. The van der Waals surface area contributed by atoms with E-state index >= 15 is 0 Å². The summed E-state index contributed by atoms with van der Waals surface area (Å²) in [5.41, 5.74) is 1.44. The molecule has 0 amide bonds. The summed E-state index contributed by atoms with van der Waals surface area (Å²) in [7, 11) is -2.02. The molecule has 0 atom stereocenters. The Morgan fingerprint density at radius 3 is 2.41 bits per heavy atom. The highest BCUT2D eigenvalue weighted by molar-refractivity contribution is 7.90. The third-order valence-corrected chi connectivity index (χ3v) is 6.02. The summed E-state index contributed by atoms with van der Waals surface area (Å²) in [4.78, 5) is 25.8. The van der Waals surface area contributed by atoms with Crippen LogP contribution in [0.1, 0.15) is 11.5 Å². The minimum absolute atomic E-state index is 0.0129. The second-order valence-electron chi connectivity index (χ2n) is 7.36. The van der Waals surface area contributed by atoms with Crippen molar-refractivity contribution in [2.24, 2.45) is 7.05 Å². The molecule has 1 aromatic carbocycles. The van der Waals surface area contributed by atoms with E-state index in [-0.39, 0.29) is 26.6 Å². The van der Waals surface area contributed by atoms with Gasteiger partial charge in [0, 0.05) is 36.2 Å². The van der Waals surface area contributed by atoms with Crippen LogP contribution in [0.5, 0.6) is 0 Å². The van der Waals surface area contributed by atoms with E-state index in [0.29, 0.717) is 28.8 Å². The van der Waals surface area contributed by atoms with Gasteiger partial charge in [-0.3, -0.25) is 14.6 Å². The molecule has 4 aromatic rings. The predicted molar refractivity (Wildman–Crippen MR) is 124 cm³/mol. The third kappa shape index (κ3) is 4.30. The van der Waals surface area contributed by atoms with Gasteiger partial charge >= 0.3 is 0 Å². The zero-order valence-electron chi connectivity index (χ0n) is 17.7. The molecule has 4 rings (SSSR count). The topological polar surface area (TPSA) is 135 Å². The first-order valence-corrected chi connectivity index (χ1v) is 11.7. The van der Waals surface area contributed by atoms with Crippen molar-refractivity contribution in [2.45, 2.75) is 18.7 Å². The largest absolute Gasteiger partial charge is 0.354 e. The SMILES string of the molecule is Cc1cc(Nc2cc(Nc3ccc(Cl)cc3S(C)(=O)=O)c3c(=O)n(C)[nH]c3n2)nc(C)n1. The lowest BCUT2D eigenvalue weighted by Crippen LogP contribution is -2.12. The molecule has 3 heterocycles. The molecule has 0 saturated carbocycles. The monoisotopic (exact) mass is 473 g/mol. The zero-order chi connectivity index (χ0) is 23.2. The minimum atomic E-state index is -3.59. The Labute approximate surface area is 188 Å². The summed E-state index contributed by atoms with van der Waals surface area (Å²) in [6.07, 6.45) is 1.09. The average Bonchev–Trinajstić information content (AvgIpc) is 2.95. The number of nitrogens with one attached hydrogen (secondary N) is 3. The average molecular weight is 474 g/mol. The highest BCUT2D eigenvalue weighted by atomic mass is 35.5. The Kier molecular flexibility index (Phi) is 5.39. The Morgan fingerprint density at radius 1 is 1.00 bits per heavy atom. The van der Waals surface area contributed by atoms with Crippen LogP contribution in [0.3, 0.4) is 0 Å². The lowest BCUT2D eigenvalue weighted by Gasteiger charge is -2.13. The molecular weight excluding hydrogens is 454 g/mol. The lowest BCUT2D eigenvalue weighted by atomic mass is 10.2. The van der Waals surface area contributed by atoms with E-state index in [4.69, 9.17) is 11.6 Å². The maximum absolute atomic E-state index is 12.7. The molecule has 0 saturated heterocycles. The van der Waals surface area contributed by atoms with E-state index in [1.54, 1.807) is 38.2 Å². The van der Waals surface area contributed by atoms with Gasteiger partial charge in [-0.25, -0.2) is 23.4 Å². The van der Waals surface area contributed by atoms with Crippen molar-refractivity contribution in [3.8, 4) is 0 Å². The highest BCUT2D eigenvalue weighted by Crippen LogP contribution is 2.31. The number of anilines is 4. The normalized spacial score (nSPS) is 11.7. The molecule has 0 bridgehead atoms. The second kappa shape index (κ2) is 7.92. The van der Waals surface area contributed by atoms with Crippen molar-refractivity contribution < 1.29 is 8.42 Å². The van der Waals surface area contributed by atoms with Crippen LogP contribution in [0.4, 0.5) is 23.0 Å². The van der Waals surface area contributed by atoms with E-state index in [0.717, 1.165) is 11.9 Å². The van der Waals surface area contributed by atoms with E-state index in [1.165, 1.54) is 10.7 Å². The fourth-order valence-electron chi connectivity index (χ4n) is 3.35. The van der Waals surface area contributed by atoms with Gasteiger partial charge in [0.2, 0.25) is 0 Å². The summed E-state index contributed by atoms with van der Waals surface area (Å²) >= 11 is 6.01. The molecule has 32 heavy (non-hydrogen) atoms.